The van der Waals surface area contributed by atoms with Crippen LogP contribution in [0.5, 0.6) is 5.75 Å². The zero-order valence-corrected chi connectivity index (χ0v) is 14.5. The maximum Gasteiger partial charge on any atom is 0.295 e. The van der Waals surface area contributed by atoms with E-state index in [-0.39, 0.29) is 10.2 Å². The summed E-state index contributed by atoms with van der Waals surface area (Å²) < 4.78 is 7.25. The van der Waals surface area contributed by atoms with Gasteiger partial charge in [-0.3, -0.25) is 10.1 Å². The van der Waals surface area contributed by atoms with Crippen LogP contribution >= 0.6 is 31.9 Å². The van der Waals surface area contributed by atoms with Crippen LogP contribution in [0.4, 0.5) is 5.69 Å². The summed E-state index contributed by atoms with van der Waals surface area (Å²) in [4.78, 5) is 9.63. The summed E-state index contributed by atoms with van der Waals surface area (Å²) in [7, 11) is 0. The Bertz CT molecular complexity index is 669. The fourth-order valence-electron chi connectivity index (χ4n) is 1.30. The van der Waals surface area contributed by atoms with E-state index in [2.05, 4.69) is 31.9 Å². The summed E-state index contributed by atoms with van der Waals surface area (Å²) in [6.07, 6.45) is 4.96. The topological polar surface area (TPSA) is 106 Å². The third-order valence-corrected chi connectivity index (χ3v) is 3.42. The third kappa shape index (κ3) is 5.45. The first-order chi connectivity index (χ1) is 10.3. The van der Waals surface area contributed by atoms with E-state index >= 15 is 0 Å². The van der Waals surface area contributed by atoms with Crippen molar-refractivity contribution in [1.29, 1.82) is 0 Å². The Morgan fingerprint density at radius 2 is 1.68 bits per heavy atom. The summed E-state index contributed by atoms with van der Waals surface area (Å²) in [5, 5.41) is 31.4. The first kappa shape index (κ1) is 18.1. The quantitative estimate of drug-likeness (QED) is 0.318. The molecule has 0 radical (unpaired) electrons. The Balaban J connectivity index is 0.000000220. The van der Waals surface area contributed by atoms with Crippen molar-refractivity contribution in [3.05, 3.63) is 66.4 Å². The number of hydrogen-bond donors (Lipinski definition) is 0. The maximum absolute atomic E-state index is 10.7. The molecular weight excluding hydrogens is 426 g/mol. The van der Waals surface area contributed by atoms with Gasteiger partial charge in [-0.1, -0.05) is 0 Å². The molecule has 0 spiro atoms. The van der Waals surface area contributed by atoms with Crippen molar-refractivity contribution in [2.24, 2.45) is 0 Å². The number of halogens is 2. The molecule has 0 saturated heterocycles. The fourth-order valence-corrected chi connectivity index (χ4v) is 2.23. The van der Waals surface area contributed by atoms with Crippen LogP contribution in [0.15, 0.2) is 45.9 Å². The summed E-state index contributed by atoms with van der Waals surface area (Å²) >= 11 is 6.09. The van der Waals surface area contributed by atoms with Crippen molar-refractivity contribution < 1.29 is 19.1 Å². The second-order valence-corrected chi connectivity index (χ2v) is 5.45. The van der Waals surface area contributed by atoms with Crippen molar-refractivity contribution in [2.45, 2.75) is 6.92 Å². The zero-order chi connectivity index (χ0) is 16.7. The van der Waals surface area contributed by atoms with Crippen LogP contribution in [0, 0.1) is 20.5 Å². The number of nitro groups is 1. The van der Waals surface area contributed by atoms with Crippen molar-refractivity contribution in [3.8, 4) is 5.75 Å². The minimum Gasteiger partial charge on any atom is -0.619 e. The van der Waals surface area contributed by atoms with Gasteiger partial charge in [-0.25, -0.2) is 0 Å². The zero-order valence-electron chi connectivity index (χ0n) is 11.3. The maximum atomic E-state index is 10.7. The predicted molar refractivity (Wildman–Crippen MR) is 84.0 cm³/mol. The standard InChI is InChI=1S/C7H8BrNO2.C5H3BrN2O3/c1-2-11-7-3-4-9(10)5-6(7)8;6-4-3-7(9)2-1-5(4)8(10)11/h3-5H,2H2,1H3;1-3H. The molecule has 0 aliphatic heterocycles. The van der Waals surface area contributed by atoms with Crippen LogP contribution in [-0.4, -0.2) is 11.5 Å². The molecule has 118 valence electrons. The van der Waals surface area contributed by atoms with Gasteiger partial charge < -0.3 is 15.2 Å². The molecule has 0 aliphatic carbocycles. The lowest BCUT2D eigenvalue weighted by Gasteiger charge is -2.03. The van der Waals surface area contributed by atoms with Gasteiger partial charge in [0.05, 0.1) is 17.6 Å². The minimum atomic E-state index is -0.565. The normalized spacial score (nSPS) is 9.59. The second kappa shape index (κ2) is 8.49. The first-order valence-electron chi connectivity index (χ1n) is 5.89. The highest BCUT2D eigenvalue weighted by atomic mass is 79.9. The molecule has 0 aliphatic rings. The van der Waals surface area contributed by atoms with Gasteiger partial charge in [0.25, 0.3) is 5.69 Å². The lowest BCUT2D eigenvalue weighted by molar-refractivity contribution is -0.606. The molecule has 2 aromatic heterocycles. The van der Waals surface area contributed by atoms with Crippen LogP contribution in [0.3, 0.4) is 0 Å². The van der Waals surface area contributed by atoms with E-state index in [1.165, 1.54) is 12.4 Å². The largest absolute Gasteiger partial charge is 0.619 e. The Morgan fingerprint density at radius 1 is 1.14 bits per heavy atom. The third-order valence-electron chi connectivity index (χ3n) is 2.21. The molecule has 0 saturated carbocycles. The SMILES string of the molecule is CCOc1cc[n+]([O-])cc1Br.O=[N+]([O-])c1cc[n+]([O-])cc1Br. The highest BCUT2D eigenvalue weighted by Crippen LogP contribution is 2.22. The molecule has 2 aromatic rings. The molecular formula is C12H11Br2N3O5. The van der Waals surface area contributed by atoms with E-state index in [1.807, 2.05) is 6.92 Å². The predicted octanol–water partition coefficient (Wildman–Crippen LogP) is 2.47. The summed E-state index contributed by atoms with van der Waals surface area (Å²) in [5.41, 5.74) is -0.114. The van der Waals surface area contributed by atoms with Crippen LogP contribution in [0.25, 0.3) is 0 Å². The van der Waals surface area contributed by atoms with Crippen LogP contribution in [-0.2, 0) is 0 Å². The number of ether oxygens (including phenoxy) is 1. The number of pyridine rings is 2. The lowest BCUT2D eigenvalue weighted by atomic mass is 10.4. The van der Waals surface area contributed by atoms with Gasteiger partial charge in [0.15, 0.2) is 23.1 Å². The second-order valence-electron chi connectivity index (χ2n) is 3.74. The average Bonchev–Trinajstić information content (AvgIpc) is 2.42. The minimum absolute atomic E-state index is 0.114. The molecule has 0 N–H and O–H groups in total. The summed E-state index contributed by atoms with van der Waals surface area (Å²) in [6.45, 7) is 2.49. The van der Waals surface area contributed by atoms with Gasteiger partial charge in [0.1, 0.15) is 10.2 Å². The van der Waals surface area contributed by atoms with E-state index < -0.39 is 4.92 Å². The van der Waals surface area contributed by atoms with Gasteiger partial charge in [-0.05, 0) is 38.8 Å². The highest BCUT2D eigenvalue weighted by molar-refractivity contribution is 9.11. The van der Waals surface area contributed by atoms with Gasteiger partial charge >= 0.3 is 0 Å². The van der Waals surface area contributed by atoms with Crippen LogP contribution < -0.4 is 14.2 Å². The molecule has 0 aromatic carbocycles. The van der Waals surface area contributed by atoms with Crippen molar-refractivity contribution in [1.82, 2.24) is 0 Å². The molecule has 0 atom stereocenters. The molecule has 2 heterocycles. The molecule has 8 nitrogen and oxygen atoms in total. The molecule has 2 rings (SSSR count). The molecule has 0 unspecified atom stereocenters. The highest BCUT2D eigenvalue weighted by Gasteiger charge is 2.13. The van der Waals surface area contributed by atoms with Crippen molar-refractivity contribution >= 4 is 37.5 Å². The van der Waals surface area contributed by atoms with E-state index in [0.717, 1.165) is 18.5 Å². The fraction of sp³-hybridized carbons (Fsp3) is 0.167. The molecule has 0 bridgehead atoms. The average molecular weight is 437 g/mol. The van der Waals surface area contributed by atoms with E-state index in [1.54, 1.807) is 6.07 Å². The van der Waals surface area contributed by atoms with Crippen molar-refractivity contribution in [2.75, 3.05) is 6.61 Å². The lowest BCUT2D eigenvalue weighted by Crippen LogP contribution is -2.24. The molecule has 22 heavy (non-hydrogen) atoms. The van der Waals surface area contributed by atoms with Crippen LogP contribution in [0.1, 0.15) is 6.92 Å². The van der Waals surface area contributed by atoms with Crippen molar-refractivity contribution in [3.63, 3.8) is 0 Å². The van der Waals surface area contributed by atoms with E-state index in [4.69, 9.17) is 4.74 Å². The van der Waals surface area contributed by atoms with Crippen LogP contribution in [0.2, 0.25) is 0 Å². The molecule has 0 fully saturated rings. The summed E-state index contributed by atoms with van der Waals surface area (Å²) in [5.74, 6) is 0.694. The number of nitrogens with zero attached hydrogens (tertiary/aromatic N) is 3. The number of hydrogen-bond acceptors (Lipinski definition) is 5. The Morgan fingerprint density at radius 3 is 2.14 bits per heavy atom. The Labute approximate surface area is 142 Å². The number of aromatic nitrogens is 2. The van der Waals surface area contributed by atoms with Gasteiger partial charge in [-0.15, -0.1) is 0 Å². The van der Waals surface area contributed by atoms with E-state index in [9.17, 15) is 20.5 Å². The molecule has 0 amide bonds. The monoisotopic (exact) mass is 435 g/mol. The first-order valence-corrected chi connectivity index (χ1v) is 7.47. The smallest absolute Gasteiger partial charge is 0.295 e. The van der Waals surface area contributed by atoms with Gasteiger partial charge in [0.2, 0.25) is 6.20 Å². The summed E-state index contributed by atoms with van der Waals surface area (Å²) in [6, 6.07) is 2.76. The number of rotatable bonds is 3. The van der Waals surface area contributed by atoms with Gasteiger partial charge in [-0.2, -0.15) is 9.46 Å². The Kier molecular flexibility index (Phi) is 6.99. The van der Waals surface area contributed by atoms with E-state index in [0.29, 0.717) is 26.3 Å². The van der Waals surface area contributed by atoms with Gasteiger partial charge in [0, 0.05) is 6.07 Å². The molecule has 10 heteroatoms. The Hall–Kier alpha value is -1.94.